The largest absolute Gasteiger partial charge is 0.465 e. The molecule has 14 heavy (non-hydrogen) atoms. The highest BCUT2D eigenvalue weighted by atomic mass is 16.5. The lowest BCUT2D eigenvalue weighted by Crippen LogP contribution is -2.14. The first-order chi connectivity index (χ1) is 6.61. The number of carbonyl (C=O) groups excluding carboxylic acids is 1. The number of hydrogen-bond acceptors (Lipinski definition) is 2. The van der Waals surface area contributed by atoms with Crippen LogP contribution in [-0.2, 0) is 9.53 Å². The van der Waals surface area contributed by atoms with E-state index in [1.54, 1.807) is 0 Å². The predicted molar refractivity (Wildman–Crippen MR) is 59.0 cm³/mol. The summed E-state index contributed by atoms with van der Waals surface area (Å²) in [5.74, 6) is 0.486. The molecule has 2 nitrogen and oxygen atoms in total. The van der Waals surface area contributed by atoms with Crippen LogP contribution in [0.1, 0.15) is 40.0 Å². The van der Waals surface area contributed by atoms with Gasteiger partial charge in [-0.15, -0.1) is 6.58 Å². The first-order valence-corrected chi connectivity index (χ1v) is 5.39. The molecular weight excluding hydrogens is 176 g/mol. The maximum Gasteiger partial charge on any atom is 0.308 e. The summed E-state index contributed by atoms with van der Waals surface area (Å²) >= 11 is 0. The van der Waals surface area contributed by atoms with E-state index in [0.29, 0.717) is 12.5 Å². The molecule has 0 N–H and O–H groups in total. The van der Waals surface area contributed by atoms with E-state index in [2.05, 4.69) is 13.5 Å². The Kier molecular flexibility index (Phi) is 7.17. The number of rotatable bonds is 7. The van der Waals surface area contributed by atoms with Gasteiger partial charge in [0.05, 0.1) is 12.5 Å². The molecule has 0 aromatic rings. The Labute approximate surface area is 87.3 Å². The van der Waals surface area contributed by atoms with Gasteiger partial charge in [-0.3, -0.25) is 4.79 Å². The molecule has 0 aromatic carbocycles. The number of allylic oxidation sites excluding steroid dienone is 1. The molecule has 82 valence electrons. The van der Waals surface area contributed by atoms with E-state index in [1.807, 2.05) is 19.9 Å². The van der Waals surface area contributed by atoms with Gasteiger partial charge in [-0.2, -0.15) is 0 Å². The molecule has 1 unspecified atom stereocenters. The molecule has 0 fully saturated rings. The van der Waals surface area contributed by atoms with Crippen LogP contribution in [0.25, 0.3) is 0 Å². The minimum atomic E-state index is -0.0987. The number of carbonyl (C=O) groups is 1. The second-order valence-electron chi connectivity index (χ2n) is 3.91. The third-order valence-electron chi connectivity index (χ3n) is 2.32. The number of esters is 1. The van der Waals surface area contributed by atoms with E-state index >= 15 is 0 Å². The Morgan fingerprint density at radius 3 is 2.57 bits per heavy atom. The first kappa shape index (κ1) is 13.2. The van der Waals surface area contributed by atoms with E-state index in [-0.39, 0.29) is 11.9 Å². The Bertz CT molecular complexity index is 173. The van der Waals surface area contributed by atoms with Crippen molar-refractivity contribution in [2.45, 2.75) is 40.0 Å². The predicted octanol–water partition coefficient (Wildman–Crippen LogP) is 3.18. The van der Waals surface area contributed by atoms with Gasteiger partial charge >= 0.3 is 5.97 Å². The molecule has 0 saturated carbocycles. The summed E-state index contributed by atoms with van der Waals surface area (Å²) in [6.45, 7) is 10.1. The van der Waals surface area contributed by atoms with Gasteiger partial charge in [0.25, 0.3) is 0 Å². The molecule has 0 aliphatic heterocycles. The molecule has 0 amide bonds. The fourth-order valence-corrected chi connectivity index (χ4v) is 1.22. The number of ether oxygens (including phenoxy) is 1. The quantitative estimate of drug-likeness (QED) is 0.464. The Morgan fingerprint density at radius 1 is 1.50 bits per heavy atom. The fraction of sp³-hybridized carbons (Fsp3) is 0.750. The molecule has 0 aliphatic carbocycles. The number of hydrogen-bond donors (Lipinski definition) is 0. The van der Waals surface area contributed by atoms with Crippen LogP contribution >= 0.6 is 0 Å². The van der Waals surface area contributed by atoms with Crippen molar-refractivity contribution >= 4 is 5.97 Å². The molecule has 0 radical (unpaired) electrons. The molecule has 2 heteroatoms. The summed E-state index contributed by atoms with van der Waals surface area (Å²) in [6, 6.07) is 0. The van der Waals surface area contributed by atoms with Crippen LogP contribution in [0.5, 0.6) is 0 Å². The van der Waals surface area contributed by atoms with Gasteiger partial charge in [0.2, 0.25) is 0 Å². The molecule has 0 rings (SSSR count). The fourth-order valence-electron chi connectivity index (χ4n) is 1.22. The lowest BCUT2D eigenvalue weighted by atomic mass is 9.99. The summed E-state index contributed by atoms with van der Waals surface area (Å²) in [4.78, 5) is 11.1. The lowest BCUT2D eigenvalue weighted by molar-refractivity contribution is -0.147. The first-order valence-electron chi connectivity index (χ1n) is 5.39. The van der Waals surface area contributed by atoms with E-state index in [0.717, 1.165) is 19.3 Å². The van der Waals surface area contributed by atoms with E-state index in [9.17, 15) is 4.79 Å². The van der Waals surface area contributed by atoms with Gasteiger partial charge in [-0.25, -0.2) is 0 Å². The topological polar surface area (TPSA) is 26.3 Å². The maximum atomic E-state index is 11.1. The van der Waals surface area contributed by atoms with Crippen molar-refractivity contribution in [1.29, 1.82) is 0 Å². The second kappa shape index (κ2) is 7.60. The summed E-state index contributed by atoms with van der Waals surface area (Å²) < 4.78 is 5.11. The highest BCUT2D eigenvalue weighted by Crippen LogP contribution is 2.13. The Hall–Kier alpha value is -0.790. The van der Waals surface area contributed by atoms with Crippen molar-refractivity contribution in [2.24, 2.45) is 11.8 Å². The van der Waals surface area contributed by atoms with Gasteiger partial charge in [0.15, 0.2) is 0 Å². The molecule has 0 heterocycles. The van der Waals surface area contributed by atoms with Gasteiger partial charge in [0, 0.05) is 0 Å². The molecular formula is C12H22O2. The van der Waals surface area contributed by atoms with Gasteiger partial charge < -0.3 is 4.74 Å². The van der Waals surface area contributed by atoms with Gasteiger partial charge in [-0.05, 0) is 18.8 Å². The van der Waals surface area contributed by atoms with Crippen LogP contribution in [0.4, 0.5) is 0 Å². The zero-order valence-electron chi connectivity index (χ0n) is 9.58. The summed E-state index contributed by atoms with van der Waals surface area (Å²) in [7, 11) is 0. The molecule has 0 spiro atoms. The van der Waals surface area contributed by atoms with Crippen molar-refractivity contribution in [3.8, 4) is 0 Å². The summed E-state index contributed by atoms with van der Waals surface area (Å²) in [6.07, 6.45) is 5.00. The molecule has 0 aliphatic rings. The average Bonchev–Trinajstić information content (AvgIpc) is 2.16. The molecule has 1 atom stereocenters. The SMILES string of the molecule is C=CCC(CC)CCOC(=O)C(C)C. The van der Waals surface area contributed by atoms with Crippen molar-refractivity contribution in [1.82, 2.24) is 0 Å². The van der Waals surface area contributed by atoms with Crippen molar-refractivity contribution in [2.75, 3.05) is 6.61 Å². The molecule has 0 bridgehead atoms. The van der Waals surface area contributed by atoms with Crippen LogP contribution in [0, 0.1) is 11.8 Å². The van der Waals surface area contributed by atoms with Crippen LogP contribution in [0.2, 0.25) is 0 Å². The smallest absolute Gasteiger partial charge is 0.308 e. The zero-order chi connectivity index (χ0) is 11.0. The van der Waals surface area contributed by atoms with Crippen LogP contribution in [-0.4, -0.2) is 12.6 Å². The zero-order valence-corrected chi connectivity index (χ0v) is 9.58. The van der Waals surface area contributed by atoms with Crippen LogP contribution in [0.3, 0.4) is 0 Å². The average molecular weight is 198 g/mol. The second-order valence-corrected chi connectivity index (χ2v) is 3.91. The van der Waals surface area contributed by atoms with E-state index < -0.39 is 0 Å². The van der Waals surface area contributed by atoms with E-state index in [4.69, 9.17) is 4.74 Å². The highest BCUT2D eigenvalue weighted by molar-refractivity contribution is 5.71. The summed E-state index contributed by atoms with van der Waals surface area (Å²) in [5.41, 5.74) is 0. The maximum absolute atomic E-state index is 11.1. The standard InChI is InChI=1S/C12H22O2/c1-5-7-11(6-2)8-9-14-12(13)10(3)4/h5,10-11H,1,6-9H2,2-4H3. The van der Waals surface area contributed by atoms with Crippen molar-refractivity contribution in [3.05, 3.63) is 12.7 Å². The normalized spacial score (nSPS) is 12.6. The van der Waals surface area contributed by atoms with Gasteiger partial charge in [-0.1, -0.05) is 33.3 Å². The third-order valence-corrected chi connectivity index (χ3v) is 2.32. The summed E-state index contributed by atoms with van der Waals surface area (Å²) in [5, 5.41) is 0. The molecule has 0 aromatic heterocycles. The Balaban J connectivity index is 3.60. The Morgan fingerprint density at radius 2 is 2.14 bits per heavy atom. The monoisotopic (exact) mass is 198 g/mol. The third kappa shape index (κ3) is 5.79. The van der Waals surface area contributed by atoms with Crippen LogP contribution < -0.4 is 0 Å². The van der Waals surface area contributed by atoms with Crippen LogP contribution in [0.15, 0.2) is 12.7 Å². The minimum Gasteiger partial charge on any atom is -0.465 e. The molecule has 0 saturated heterocycles. The minimum absolute atomic E-state index is 0.0190. The van der Waals surface area contributed by atoms with Gasteiger partial charge in [0.1, 0.15) is 0 Å². The lowest BCUT2D eigenvalue weighted by Gasteiger charge is -2.13. The van der Waals surface area contributed by atoms with Crippen molar-refractivity contribution < 1.29 is 9.53 Å². The van der Waals surface area contributed by atoms with E-state index in [1.165, 1.54) is 0 Å². The van der Waals surface area contributed by atoms with Crippen molar-refractivity contribution in [3.63, 3.8) is 0 Å². The highest BCUT2D eigenvalue weighted by Gasteiger charge is 2.09.